The maximum Gasteiger partial charge on any atom is 0.309 e. The highest BCUT2D eigenvalue weighted by Crippen LogP contribution is 2.40. The van der Waals surface area contributed by atoms with Crippen molar-refractivity contribution in [3.05, 3.63) is 91.0 Å². The van der Waals surface area contributed by atoms with Crippen molar-refractivity contribution in [2.45, 2.75) is 38.9 Å². The number of benzene rings is 4. The van der Waals surface area contributed by atoms with Gasteiger partial charge in [-0.1, -0.05) is 84.3 Å². The Labute approximate surface area is 206 Å². The third kappa shape index (κ3) is 4.29. The Hall–Kier alpha value is -2.92. The molecule has 0 radical (unpaired) electrons. The number of fused-ring (bicyclic) bond motifs is 3. The van der Waals surface area contributed by atoms with Gasteiger partial charge >= 0.3 is 7.48 Å². The SMILES string of the molecule is CC(C)(O)C(C)(C)OBc1ccc2sc3c(-c4cccc(-c5ccccc5)c4)cccc3c2c1. The predicted molar refractivity (Wildman–Crippen MR) is 148 cm³/mol. The molecule has 4 heteroatoms. The van der Waals surface area contributed by atoms with Crippen LogP contribution in [0.15, 0.2) is 91.0 Å². The second kappa shape index (κ2) is 8.70. The van der Waals surface area contributed by atoms with Gasteiger partial charge in [-0.2, -0.15) is 0 Å². The first-order chi connectivity index (χ1) is 16.2. The molecular formula is C30H29BO2S. The van der Waals surface area contributed by atoms with E-state index in [2.05, 4.69) is 91.0 Å². The van der Waals surface area contributed by atoms with E-state index in [0.717, 1.165) is 5.46 Å². The largest absolute Gasteiger partial charge is 0.427 e. The maximum atomic E-state index is 10.4. The molecule has 0 aliphatic rings. The molecular weight excluding hydrogens is 435 g/mol. The van der Waals surface area contributed by atoms with Crippen molar-refractivity contribution in [3.63, 3.8) is 0 Å². The molecule has 5 aromatic rings. The van der Waals surface area contributed by atoms with Gasteiger partial charge in [0.1, 0.15) is 0 Å². The molecule has 0 amide bonds. The van der Waals surface area contributed by atoms with E-state index in [-0.39, 0.29) is 0 Å². The summed E-state index contributed by atoms with van der Waals surface area (Å²) in [7, 11) is 0.461. The van der Waals surface area contributed by atoms with Crippen molar-refractivity contribution in [2.75, 3.05) is 0 Å². The Bertz CT molecular complexity index is 1460. The molecule has 0 aliphatic carbocycles. The average Bonchev–Trinajstić information content (AvgIpc) is 3.21. The van der Waals surface area contributed by atoms with Crippen molar-refractivity contribution in [3.8, 4) is 22.3 Å². The zero-order chi connectivity index (χ0) is 23.9. The number of aliphatic hydroxyl groups is 1. The van der Waals surface area contributed by atoms with Gasteiger partial charge < -0.3 is 9.76 Å². The molecule has 1 heterocycles. The van der Waals surface area contributed by atoms with Crippen molar-refractivity contribution in [2.24, 2.45) is 0 Å². The van der Waals surface area contributed by atoms with Crippen molar-refractivity contribution in [1.82, 2.24) is 0 Å². The zero-order valence-electron chi connectivity index (χ0n) is 20.1. The molecule has 5 rings (SSSR count). The number of thiophene rings is 1. The van der Waals surface area contributed by atoms with Gasteiger partial charge in [0.15, 0.2) is 0 Å². The van der Waals surface area contributed by atoms with Gasteiger partial charge in [0.25, 0.3) is 0 Å². The molecule has 0 spiro atoms. The molecule has 0 unspecified atom stereocenters. The van der Waals surface area contributed by atoms with E-state index in [1.54, 1.807) is 13.8 Å². The molecule has 1 N–H and O–H groups in total. The highest BCUT2D eigenvalue weighted by atomic mass is 32.1. The van der Waals surface area contributed by atoms with Crippen LogP contribution < -0.4 is 5.46 Å². The minimum absolute atomic E-state index is 0.461. The second-order valence-electron chi connectivity index (χ2n) is 9.92. The molecule has 1 aromatic heterocycles. The molecule has 34 heavy (non-hydrogen) atoms. The molecule has 0 bridgehead atoms. The van der Waals surface area contributed by atoms with Gasteiger partial charge in [0.2, 0.25) is 0 Å². The minimum Gasteiger partial charge on any atom is -0.427 e. The molecule has 0 aliphatic heterocycles. The fourth-order valence-corrected chi connectivity index (χ4v) is 5.32. The van der Waals surface area contributed by atoms with Crippen molar-refractivity contribution >= 4 is 44.5 Å². The lowest BCUT2D eigenvalue weighted by atomic mass is 9.82. The summed E-state index contributed by atoms with van der Waals surface area (Å²) in [4.78, 5) is 0. The first kappa shape index (κ1) is 22.9. The van der Waals surface area contributed by atoms with Gasteiger partial charge in [-0.25, -0.2) is 0 Å². The predicted octanol–water partition coefficient (Wildman–Crippen LogP) is 6.93. The molecule has 4 aromatic carbocycles. The summed E-state index contributed by atoms with van der Waals surface area (Å²) < 4.78 is 8.69. The Morgan fingerprint density at radius 3 is 2.18 bits per heavy atom. The number of hydrogen-bond donors (Lipinski definition) is 1. The topological polar surface area (TPSA) is 29.5 Å². The summed E-state index contributed by atoms with van der Waals surface area (Å²) in [6.45, 7) is 7.44. The van der Waals surface area contributed by atoms with E-state index in [1.165, 1.54) is 42.4 Å². The van der Waals surface area contributed by atoms with Crippen LogP contribution >= 0.6 is 11.3 Å². The monoisotopic (exact) mass is 464 g/mol. The van der Waals surface area contributed by atoms with Crippen LogP contribution in [-0.4, -0.2) is 23.8 Å². The summed E-state index contributed by atoms with van der Waals surface area (Å²) >= 11 is 1.84. The highest BCUT2D eigenvalue weighted by molar-refractivity contribution is 7.26. The molecule has 170 valence electrons. The van der Waals surface area contributed by atoms with Gasteiger partial charge in [-0.3, -0.25) is 0 Å². The standard InChI is InChI=1S/C30H29BO2S/c1-29(2,32)30(3,4)33-31-23-16-17-27-26(19-23)25-15-9-14-24(28(25)34-27)22-13-8-12-21(18-22)20-10-6-5-7-11-20/h5-19,31-32H,1-4H3. The molecule has 2 nitrogen and oxygen atoms in total. The zero-order valence-corrected chi connectivity index (χ0v) is 20.9. The minimum atomic E-state index is -0.921. The fraction of sp³-hybridized carbons (Fsp3) is 0.200. The Morgan fingerprint density at radius 1 is 0.706 bits per heavy atom. The quantitative estimate of drug-likeness (QED) is 0.276. The molecule has 0 fully saturated rings. The summed E-state index contributed by atoms with van der Waals surface area (Å²) in [6.07, 6.45) is 0. The smallest absolute Gasteiger partial charge is 0.309 e. The second-order valence-corrected chi connectivity index (χ2v) is 11.0. The summed E-state index contributed by atoms with van der Waals surface area (Å²) in [6, 6.07) is 32.5. The van der Waals surface area contributed by atoms with E-state index in [9.17, 15) is 5.11 Å². The van der Waals surface area contributed by atoms with Gasteiger partial charge in [-0.05, 0) is 67.5 Å². The van der Waals surface area contributed by atoms with Crippen molar-refractivity contribution in [1.29, 1.82) is 0 Å². The van der Waals surface area contributed by atoms with Crippen LogP contribution in [0, 0.1) is 0 Å². The number of rotatable bonds is 6. The lowest BCUT2D eigenvalue weighted by molar-refractivity contribution is -0.0893. The van der Waals surface area contributed by atoms with Crippen LogP contribution in [0.5, 0.6) is 0 Å². The third-order valence-electron chi connectivity index (χ3n) is 6.91. The fourth-order valence-electron chi connectivity index (χ4n) is 4.10. The van der Waals surface area contributed by atoms with Crippen LogP contribution in [0.4, 0.5) is 0 Å². The van der Waals surface area contributed by atoms with E-state index < -0.39 is 11.2 Å². The first-order valence-electron chi connectivity index (χ1n) is 11.7. The average molecular weight is 464 g/mol. The van der Waals surface area contributed by atoms with Gasteiger partial charge in [-0.15, -0.1) is 11.3 Å². The van der Waals surface area contributed by atoms with E-state index in [4.69, 9.17) is 4.65 Å². The highest BCUT2D eigenvalue weighted by Gasteiger charge is 2.35. The molecule has 0 atom stereocenters. The van der Waals surface area contributed by atoms with Crippen molar-refractivity contribution < 1.29 is 9.76 Å². The Morgan fingerprint density at radius 2 is 1.41 bits per heavy atom. The van der Waals surface area contributed by atoms with Crippen LogP contribution in [0.3, 0.4) is 0 Å². The van der Waals surface area contributed by atoms with Crippen LogP contribution in [0.1, 0.15) is 27.7 Å². The first-order valence-corrected chi connectivity index (χ1v) is 12.5. The van der Waals surface area contributed by atoms with Crippen LogP contribution in [0.2, 0.25) is 0 Å². The van der Waals surface area contributed by atoms with Gasteiger partial charge in [0.05, 0.1) is 11.2 Å². The molecule has 0 saturated carbocycles. The number of hydrogen-bond acceptors (Lipinski definition) is 3. The Kier molecular flexibility index (Phi) is 5.85. The van der Waals surface area contributed by atoms with E-state index in [1.807, 2.05) is 25.2 Å². The Balaban J connectivity index is 1.53. The van der Waals surface area contributed by atoms with Gasteiger partial charge in [0, 0.05) is 14.8 Å². The summed E-state index contributed by atoms with van der Waals surface area (Å²) in [5.74, 6) is 0. The van der Waals surface area contributed by atoms with E-state index >= 15 is 0 Å². The molecule has 0 saturated heterocycles. The summed E-state index contributed by atoms with van der Waals surface area (Å²) in [5, 5.41) is 12.9. The third-order valence-corrected chi connectivity index (χ3v) is 8.13. The maximum absolute atomic E-state index is 10.4. The lowest BCUT2D eigenvalue weighted by Gasteiger charge is -2.37. The van der Waals surface area contributed by atoms with Crippen LogP contribution in [0.25, 0.3) is 42.4 Å². The van der Waals surface area contributed by atoms with Crippen LogP contribution in [-0.2, 0) is 4.65 Å². The lowest BCUT2D eigenvalue weighted by Crippen LogP contribution is -2.49. The normalized spacial score (nSPS) is 12.4. The summed E-state index contributed by atoms with van der Waals surface area (Å²) in [5.41, 5.74) is 4.49. The van der Waals surface area contributed by atoms with E-state index in [0.29, 0.717) is 7.48 Å².